The molecule has 0 spiro atoms. The summed E-state index contributed by atoms with van der Waals surface area (Å²) in [6.45, 7) is 0. The van der Waals surface area contributed by atoms with Crippen LogP contribution in [0, 0.1) is 0 Å². The Hall–Kier alpha value is -3.46. The molecule has 1 aliphatic rings. The molecule has 4 aromatic heterocycles. The van der Waals surface area contributed by atoms with E-state index in [4.69, 9.17) is 0 Å². The maximum absolute atomic E-state index is 2.43. The number of hydrogen-bond acceptors (Lipinski definition) is 0. The molecule has 0 bridgehead atoms. The Labute approximate surface area is 155 Å². The summed E-state index contributed by atoms with van der Waals surface area (Å²) in [5.41, 5.74) is 8.98. The van der Waals surface area contributed by atoms with E-state index >= 15 is 0 Å². The SMILES string of the molecule is C1=Cc2c(cc3n2c2cc4ccccc4n2c2cc4ccccc4n32)CC1. The molecule has 0 unspecified atom stereocenters. The first kappa shape index (κ1) is 13.7. The second-order valence-corrected chi connectivity index (χ2v) is 7.48. The first-order chi connectivity index (χ1) is 13.4. The molecule has 128 valence electrons. The van der Waals surface area contributed by atoms with E-state index in [-0.39, 0.29) is 0 Å². The van der Waals surface area contributed by atoms with Crippen LogP contribution in [0.1, 0.15) is 17.7 Å². The molecule has 7 rings (SSSR count). The average Bonchev–Trinajstić information content (AvgIpc) is 3.38. The monoisotopic (exact) mass is 347 g/mol. The minimum absolute atomic E-state index is 1.11. The molecule has 3 nitrogen and oxygen atoms in total. The third-order valence-electron chi connectivity index (χ3n) is 6.03. The molecule has 0 amide bonds. The predicted octanol–water partition coefficient (Wildman–Crippen LogP) is 5.71. The van der Waals surface area contributed by atoms with Gasteiger partial charge in [0.05, 0.1) is 16.7 Å². The number of fused-ring (bicyclic) bond motifs is 12. The van der Waals surface area contributed by atoms with E-state index in [9.17, 15) is 0 Å². The van der Waals surface area contributed by atoms with Crippen molar-refractivity contribution in [3.63, 3.8) is 0 Å². The number of aryl methyl sites for hydroxylation is 1. The van der Waals surface area contributed by atoms with E-state index in [1.54, 1.807) is 0 Å². The maximum atomic E-state index is 2.43. The van der Waals surface area contributed by atoms with Crippen LogP contribution < -0.4 is 0 Å². The van der Waals surface area contributed by atoms with Crippen molar-refractivity contribution in [3.8, 4) is 0 Å². The number of para-hydroxylation sites is 2. The summed E-state index contributed by atoms with van der Waals surface area (Å²) < 4.78 is 7.26. The molecular weight excluding hydrogens is 330 g/mol. The summed E-state index contributed by atoms with van der Waals surface area (Å²) >= 11 is 0. The van der Waals surface area contributed by atoms with Gasteiger partial charge in [-0.05, 0) is 54.8 Å². The first-order valence-electron chi connectivity index (χ1n) is 9.53. The summed E-state index contributed by atoms with van der Waals surface area (Å²) in [6, 6.07) is 24.4. The first-order valence-corrected chi connectivity index (χ1v) is 9.53. The van der Waals surface area contributed by atoms with Crippen molar-refractivity contribution in [2.45, 2.75) is 12.8 Å². The largest absolute Gasteiger partial charge is 0.281 e. The van der Waals surface area contributed by atoms with E-state index < -0.39 is 0 Å². The van der Waals surface area contributed by atoms with Gasteiger partial charge in [-0.15, -0.1) is 0 Å². The molecule has 0 fully saturated rings. The van der Waals surface area contributed by atoms with Crippen molar-refractivity contribution in [2.75, 3.05) is 0 Å². The van der Waals surface area contributed by atoms with E-state index in [2.05, 4.69) is 92.1 Å². The molecule has 2 aromatic carbocycles. The van der Waals surface area contributed by atoms with Crippen LogP contribution in [0.2, 0.25) is 0 Å². The normalized spacial score (nSPS) is 14.2. The Balaban J connectivity index is 1.90. The summed E-state index contributed by atoms with van der Waals surface area (Å²) in [4.78, 5) is 0. The highest BCUT2D eigenvalue weighted by atomic mass is 15.2. The Morgan fingerprint density at radius 1 is 0.630 bits per heavy atom. The van der Waals surface area contributed by atoms with Gasteiger partial charge < -0.3 is 0 Å². The zero-order valence-corrected chi connectivity index (χ0v) is 14.8. The number of benzene rings is 2. The van der Waals surface area contributed by atoms with Crippen molar-refractivity contribution < 1.29 is 0 Å². The number of allylic oxidation sites excluding steroid dienone is 1. The highest BCUT2D eigenvalue weighted by Crippen LogP contribution is 2.33. The fraction of sp³-hybridized carbons (Fsp3) is 0.0833. The lowest BCUT2D eigenvalue weighted by atomic mass is 10.1. The van der Waals surface area contributed by atoms with Gasteiger partial charge in [-0.25, -0.2) is 0 Å². The predicted molar refractivity (Wildman–Crippen MR) is 112 cm³/mol. The maximum Gasteiger partial charge on any atom is 0.125 e. The zero-order chi connectivity index (χ0) is 17.5. The Morgan fingerprint density at radius 2 is 1.22 bits per heavy atom. The van der Waals surface area contributed by atoms with Crippen LogP contribution in [0.4, 0.5) is 0 Å². The molecule has 0 N–H and O–H groups in total. The van der Waals surface area contributed by atoms with Gasteiger partial charge in [-0.2, -0.15) is 0 Å². The third kappa shape index (κ3) is 1.58. The molecule has 27 heavy (non-hydrogen) atoms. The second kappa shape index (κ2) is 4.63. The molecule has 0 saturated carbocycles. The van der Waals surface area contributed by atoms with Crippen molar-refractivity contribution >= 4 is 44.8 Å². The number of hydrogen-bond donors (Lipinski definition) is 0. The van der Waals surface area contributed by atoms with E-state index in [1.165, 1.54) is 50.0 Å². The summed E-state index contributed by atoms with van der Waals surface area (Å²) in [5, 5.41) is 2.55. The van der Waals surface area contributed by atoms with Gasteiger partial charge in [-0.3, -0.25) is 13.2 Å². The lowest BCUT2D eigenvalue weighted by Gasteiger charge is -2.11. The van der Waals surface area contributed by atoms with Crippen molar-refractivity contribution in [3.05, 3.63) is 84.1 Å². The highest BCUT2D eigenvalue weighted by molar-refractivity contribution is 5.95. The molecule has 6 aromatic rings. The van der Waals surface area contributed by atoms with Gasteiger partial charge in [0, 0.05) is 10.8 Å². The Morgan fingerprint density at radius 3 is 1.93 bits per heavy atom. The summed E-state index contributed by atoms with van der Waals surface area (Å²) in [6.07, 6.45) is 6.83. The third-order valence-corrected chi connectivity index (χ3v) is 6.03. The summed E-state index contributed by atoms with van der Waals surface area (Å²) in [5.74, 6) is 0. The Kier molecular flexibility index (Phi) is 2.35. The number of rotatable bonds is 0. The fourth-order valence-electron chi connectivity index (χ4n) is 4.87. The standard InChI is InChI=1S/C24H17N3/c1-4-10-19-16(7-1)13-22-25(19)23-14-17-8-3-6-12-21(17)27(23)24-15-18-9-2-5-11-20(18)26(22)24/h1-2,4-7,9-15H,3,8H2. The molecule has 0 radical (unpaired) electrons. The number of aromatic nitrogens is 3. The number of nitrogens with zero attached hydrogens (tertiary/aromatic N) is 3. The van der Waals surface area contributed by atoms with Crippen molar-refractivity contribution in [2.24, 2.45) is 0 Å². The van der Waals surface area contributed by atoms with Gasteiger partial charge in [0.1, 0.15) is 16.9 Å². The van der Waals surface area contributed by atoms with Crippen LogP contribution in [0.5, 0.6) is 0 Å². The quantitative estimate of drug-likeness (QED) is 0.334. The van der Waals surface area contributed by atoms with Gasteiger partial charge >= 0.3 is 0 Å². The fourth-order valence-corrected chi connectivity index (χ4v) is 4.87. The van der Waals surface area contributed by atoms with E-state index in [0.29, 0.717) is 0 Å². The minimum atomic E-state index is 1.11. The smallest absolute Gasteiger partial charge is 0.125 e. The van der Waals surface area contributed by atoms with Crippen molar-refractivity contribution in [1.82, 2.24) is 13.2 Å². The summed E-state index contributed by atoms with van der Waals surface area (Å²) in [7, 11) is 0. The van der Waals surface area contributed by atoms with Gasteiger partial charge in [-0.1, -0.05) is 42.5 Å². The average molecular weight is 347 g/mol. The van der Waals surface area contributed by atoms with Crippen LogP contribution in [0.3, 0.4) is 0 Å². The zero-order valence-electron chi connectivity index (χ0n) is 14.8. The molecule has 0 saturated heterocycles. The van der Waals surface area contributed by atoms with Gasteiger partial charge in [0.15, 0.2) is 0 Å². The van der Waals surface area contributed by atoms with Crippen LogP contribution in [0.25, 0.3) is 44.8 Å². The van der Waals surface area contributed by atoms with Crippen LogP contribution in [0.15, 0.2) is 72.8 Å². The van der Waals surface area contributed by atoms with E-state index in [0.717, 1.165) is 12.8 Å². The Bertz CT molecular complexity index is 1570. The van der Waals surface area contributed by atoms with E-state index in [1.807, 2.05) is 0 Å². The molecule has 1 aliphatic carbocycles. The van der Waals surface area contributed by atoms with Crippen LogP contribution in [-0.4, -0.2) is 13.2 Å². The van der Waals surface area contributed by atoms with Gasteiger partial charge in [0.2, 0.25) is 0 Å². The minimum Gasteiger partial charge on any atom is -0.281 e. The molecule has 0 aliphatic heterocycles. The topological polar surface area (TPSA) is 13.2 Å². The second-order valence-electron chi connectivity index (χ2n) is 7.48. The van der Waals surface area contributed by atoms with Crippen LogP contribution in [-0.2, 0) is 6.42 Å². The molecule has 3 heteroatoms. The molecule has 0 atom stereocenters. The molecular formula is C24H17N3. The highest BCUT2D eigenvalue weighted by Gasteiger charge is 2.19. The van der Waals surface area contributed by atoms with Crippen LogP contribution >= 0.6 is 0 Å². The lowest BCUT2D eigenvalue weighted by molar-refractivity contribution is 0.970. The van der Waals surface area contributed by atoms with Crippen molar-refractivity contribution in [1.29, 1.82) is 0 Å². The van der Waals surface area contributed by atoms with Gasteiger partial charge in [0.25, 0.3) is 0 Å². The molecule has 4 heterocycles. The lowest BCUT2D eigenvalue weighted by Crippen LogP contribution is -2.03.